The molecule has 1 heterocycles. The molecule has 12 N–H and O–H groups in total. The van der Waals surface area contributed by atoms with Gasteiger partial charge in [-0.3, -0.25) is 19.4 Å². The van der Waals surface area contributed by atoms with Crippen molar-refractivity contribution in [3.63, 3.8) is 0 Å². The molecule has 0 saturated carbocycles. The standard InChI is InChI=1S/C28H36N8O6/c29-14-24(38)34-21(6-3-11-32-28(30)31)25(39)35-22(12-16-7-9-18(37)10-8-16)26(40)36-23(27(41)42)13-17-15-33-20-5-2-1-4-19(17)20/h1-2,4-5,7-10,15,21-23,33,37H,3,6,11-14,29H2,(H,34,38)(H,35,39)(H,36,40)(H,41,42)(H4,30,31,32). The first-order valence-electron chi connectivity index (χ1n) is 13.3. The zero-order valence-electron chi connectivity index (χ0n) is 22.9. The van der Waals surface area contributed by atoms with E-state index in [-0.39, 0.29) is 44.1 Å². The molecule has 14 nitrogen and oxygen atoms in total. The number of H-pyrrole nitrogens is 1. The summed E-state index contributed by atoms with van der Waals surface area (Å²) in [4.78, 5) is 57.9. The average Bonchev–Trinajstić information content (AvgIpc) is 3.37. The number of fused-ring (bicyclic) bond motifs is 1. The van der Waals surface area contributed by atoms with Crippen molar-refractivity contribution in [3.05, 3.63) is 65.9 Å². The number of aromatic amines is 1. The molecule has 3 atom stereocenters. The minimum absolute atomic E-state index is 0.00899. The minimum atomic E-state index is -1.30. The molecule has 0 spiro atoms. The van der Waals surface area contributed by atoms with Gasteiger partial charge in [-0.25, -0.2) is 4.79 Å². The topological polar surface area (TPSA) is 251 Å². The fourth-order valence-corrected chi connectivity index (χ4v) is 4.37. The molecule has 0 aliphatic rings. The first-order chi connectivity index (χ1) is 20.1. The molecular weight excluding hydrogens is 544 g/mol. The number of nitrogens with zero attached hydrogens (tertiary/aromatic N) is 1. The number of benzene rings is 2. The second-order valence-corrected chi connectivity index (χ2v) is 9.67. The van der Waals surface area contributed by atoms with Crippen LogP contribution in [0.4, 0.5) is 0 Å². The normalized spacial score (nSPS) is 13.0. The largest absolute Gasteiger partial charge is 0.508 e. The van der Waals surface area contributed by atoms with Gasteiger partial charge in [-0.2, -0.15) is 0 Å². The number of nitrogens with one attached hydrogen (secondary N) is 4. The molecule has 42 heavy (non-hydrogen) atoms. The van der Waals surface area contributed by atoms with Crippen molar-refractivity contribution in [3.8, 4) is 5.75 Å². The number of guanidine groups is 1. The summed E-state index contributed by atoms with van der Waals surface area (Å²) in [6.45, 7) is -0.153. The Morgan fingerprint density at radius 1 is 0.881 bits per heavy atom. The number of para-hydroxylation sites is 1. The second kappa shape index (κ2) is 15.0. The lowest BCUT2D eigenvalue weighted by Gasteiger charge is -2.24. The number of carboxylic acids is 1. The van der Waals surface area contributed by atoms with Crippen LogP contribution in [-0.4, -0.2) is 76.1 Å². The van der Waals surface area contributed by atoms with Crippen LogP contribution in [0.2, 0.25) is 0 Å². The Bertz CT molecular complexity index is 1420. The molecule has 0 saturated heterocycles. The summed E-state index contributed by atoms with van der Waals surface area (Å²) < 4.78 is 0. The maximum atomic E-state index is 13.5. The van der Waals surface area contributed by atoms with Gasteiger partial charge in [0.05, 0.1) is 6.54 Å². The van der Waals surface area contributed by atoms with Crippen molar-refractivity contribution >= 4 is 40.6 Å². The third-order valence-electron chi connectivity index (χ3n) is 6.51. The van der Waals surface area contributed by atoms with E-state index in [1.165, 1.54) is 12.1 Å². The van der Waals surface area contributed by atoms with Crippen molar-refractivity contribution in [2.24, 2.45) is 22.2 Å². The predicted octanol–water partition coefficient (Wildman–Crippen LogP) is -0.790. The Kier molecular flexibility index (Phi) is 11.3. The number of carbonyl (C=O) groups is 4. The Morgan fingerprint density at radius 2 is 1.55 bits per heavy atom. The number of nitrogens with two attached hydrogens (primary N) is 3. The monoisotopic (exact) mass is 580 g/mol. The number of aliphatic carboxylic acids is 1. The van der Waals surface area contributed by atoms with E-state index < -0.39 is 41.8 Å². The molecule has 3 amide bonds. The Morgan fingerprint density at radius 3 is 2.21 bits per heavy atom. The van der Waals surface area contributed by atoms with Crippen LogP contribution in [0, 0.1) is 0 Å². The molecule has 0 aliphatic carbocycles. The third kappa shape index (κ3) is 9.23. The molecule has 3 unspecified atom stereocenters. The van der Waals surface area contributed by atoms with Gasteiger partial charge in [0.15, 0.2) is 5.96 Å². The highest BCUT2D eigenvalue weighted by atomic mass is 16.4. The van der Waals surface area contributed by atoms with Crippen LogP contribution >= 0.6 is 0 Å². The van der Waals surface area contributed by atoms with Gasteiger partial charge in [0, 0.05) is 36.5 Å². The van der Waals surface area contributed by atoms with E-state index >= 15 is 0 Å². The third-order valence-corrected chi connectivity index (χ3v) is 6.51. The summed E-state index contributed by atoms with van der Waals surface area (Å²) in [5, 5.41) is 28.1. The zero-order chi connectivity index (χ0) is 30.6. The second-order valence-electron chi connectivity index (χ2n) is 9.67. The van der Waals surface area contributed by atoms with Crippen LogP contribution in [-0.2, 0) is 32.0 Å². The predicted molar refractivity (Wildman–Crippen MR) is 156 cm³/mol. The summed E-state index contributed by atoms with van der Waals surface area (Å²) >= 11 is 0. The van der Waals surface area contributed by atoms with Crippen molar-refractivity contribution in [2.75, 3.05) is 13.1 Å². The smallest absolute Gasteiger partial charge is 0.326 e. The van der Waals surface area contributed by atoms with E-state index in [1.807, 2.05) is 24.3 Å². The van der Waals surface area contributed by atoms with Crippen LogP contribution in [0.1, 0.15) is 24.0 Å². The molecule has 0 radical (unpaired) electrons. The number of hydrogen-bond acceptors (Lipinski definition) is 7. The fourth-order valence-electron chi connectivity index (χ4n) is 4.37. The van der Waals surface area contributed by atoms with Gasteiger partial charge in [-0.05, 0) is 42.2 Å². The number of aliphatic imine (C=N–C) groups is 1. The van der Waals surface area contributed by atoms with Crippen molar-refractivity contribution in [1.82, 2.24) is 20.9 Å². The molecular formula is C28H36N8O6. The van der Waals surface area contributed by atoms with Gasteiger partial charge < -0.3 is 48.3 Å². The maximum Gasteiger partial charge on any atom is 0.326 e. The van der Waals surface area contributed by atoms with Gasteiger partial charge >= 0.3 is 5.97 Å². The fraction of sp³-hybridized carbons (Fsp3) is 0.321. The number of carbonyl (C=O) groups excluding carboxylic acids is 3. The van der Waals surface area contributed by atoms with Crippen LogP contribution in [0.3, 0.4) is 0 Å². The Labute approximate surface area is 241 Å². The zero-order valence-corrected chi connectivity index (χ0v) is 22.9. The van der Waals surface area contributed by atoms with Gasteiger partial charge in [-0.15, -0.1) is 0 Å². The van der Waals surface area contributed by atoms with Crippen LogP contribution in [0.15, 0.2) is 59.7 Å². The highest BCUT2D eigenvalue weighted by molar-refractivity contribution is 5.94. The first kappa shape index (κ1) is 31.4. The number of rotatable bonds is 15. The van der Waals surface area contributed by atoms with Crippen molar-refractivity contribution in [1.29, 1.82) is 0 Å². The molecule has 0 fully saturated rings. The van der Waals surface area contributed by atoms with E-state index in [9.17, 15) is 29.4 Å². The summed E-state index contributed by atoms with van der Waals surface area (Å²) in [6, 6.07) is 9.79. The SMILES string of the molecule is NCC(=O)NC(CCCN=C(N)N)C(=O)NC(Cc1ccc(O)cc1)C(=O)NC(Cc1c[nH]c2ccccc12)C(=O)O. The number of carboxylic acid groups (broad SMARTS) is 1. The van der Waals surface area contributed by atoms with Crippen LogP contribution < -0.4 is 33.2 Å². The van der Waals surface area contributed by atoms with Gasteiger partial charge in [0.1, 0.15) is 23.9 Å². The van der Waals surface area contributed by atoms with Crippen molar-refractivity contribution in [2.45, 2.75) is 43.8 Å². The number of amides is 3. The average molecular weight is 581 g/mol. The lowest BCUT2D eigenvalue weighted by molar-refractivity contribution is -0.142. The maximum absolute atomic E-state index is 13.5. The molecule has 1 aromatic heterocycles. The summed E-state index contributed by atoms with van der Waals surface area (Å²) in [5.74, 6) is -3.36. The quantitative estimate of drug-likeness (QED) is 0.0619. The molecule has 14 heteroatoms. The summed E-state index contributed by atoms with van der Waals surface area (Å²) in [6.07, 6.45) is 2.13. The lowest BCUT2D eigenvalue weighted by atomic mass is 10.0. The molecule has 3 rings (SSSR count). The minimum Gasteiger partial charge on any atom is -0.508 e. The number of phenolic OH excluding ortho intramolecular Hbond substituents is 1. The first-order valence-corrected chi connectivity index (χ1v) is 13.3. The number of hydrogen-bond donors (Lipinski definition) is 9. The van der Waals surface area contributed by atoms with Crippen LogP contribution in [0.25, 0.3) is 10.9 Å². The Hall–Kier alpha value is -5.11. The molecule has 224 valence electrons. The summed E-state index contributed by atoms with van der Waals surface area (Å²) in [7, 11) is 0. The molecule has 3 aromatic rings. The lowest BCUT2D eigenvalue weighted by Crippen LogP contribution is -2.57. The molecule has 0 aliphatic heterocycles. The van der Waals surface area contributed by atoms with Crippen LogP contribution in [0.5, 0.6) is 5.75 Å². The van der Waals surface area contributed by atoms with E-state index in [0.29, 0.717) is 17.5 Å². The molecule has 0 bridgehead atoms. The van der Waals surface area contributed by atoms with Crippen molar-refractivity contribution < 1.29 is 29.4 Å². The number of phenols is 1. The van der Waals surface area contributed by atoms with Gasteiger partial charge in [0.2, 0.25) is 17.7 Å². The van der Waals surface area contributed by atoms with E-state index in [4.69, 9.17) is 17.2 Å². The number of aromatic hydroxyl groups is 1. The number of aromatic nitrogens is 1. The summed E-state index contributed by atoms with van der Waals surface area (Å²) in [5.41, 5.74) is 18.2. The van der Waals surface area contributed by atoms with E-state index in [0.717, 1.165) is 10.9 Å². The highest BCUT2D eigenvalue weighted by Gasteiger charge is 2.30. The van der Waals surface area contributed by atoms with Gasteiger partial charge in [-0.1, -0.05) is 30.3 Å². The van der Waals surface area contributed by atoms with Gasteiger partial charge in [0.25, 0.3) is 0 Å². The van der Waals surface area contributed by atoms with E-state index in [2.05, 4.69) is 25.9 Å². The van der Waals surface area contributed by atoms with E-state index in [1.54, 1.807) is 18.3 Å². The molecule has 2 aromatic carbocycles. The highest BCUT2D eigenvalue weighted by Crippen LogP contribution is 2.19. The Balaban J connectivity index is 1.81.